The Morgan fingerprint density at radius 2 is 1.45 bits per heavy atom. The molecular formula is C4H3F6N. The van der Waals surface area contributed by atoms with Gasteiger partial charge in [0.15, 0.2) is 0 Å². The first-order valence-electron chi connectivity index (χ1n) is 2.34. The first-order valence-corrected chi connectivity index (χ1v) is 2.34. The van der Waals surface area contributed by atoms with Crippen molar-refractivity contribution in [3.8, 4) is 0 Å². The summed E-state index contributed by atoms with van der Waals surface area (Å²) in [6.07, 6.45) is -5.42. The first-order chi connectivity index (χ1) is 4.69. The molecule has 0 spiro atoms. The van der Waals surface area contributed by atoms with Gasteiger partial charge in [-0.2, -0.15) is 22.0 Å². The molecule has 0 bridgehead atoms. The number of rotatable bonds is 1. The van der Waals surface area contributed by atoms with E-state index in [9.17, 15) is 26.4 Å². The summed E-state index contributed by atoms with van der Waals surface area (Å²) >= 11 is 0. The van der Waals surface area contributed by atoms with Crippen LogP contribution in [0.15, 0.2) is 5.21 Å². The maximum atomic E-state index is 11.8. The van der Waals surface area contributed by atoms with Crippen molar-refractivity contribution in [3.05, 3.63) is 0 Å². The van der Waals surface area contributed by atoms with Crippen molar-refractivity contribution >= 4 is 5.71 Å². The number of nitrogens with zero attached hydrogens (tertiary/aromatic N) is 1. The molecule has 7 heteroatoms. The maximum absolute atomic E-state index is 11.8. The predicted octanol–water partition coefficient (Wildman–Crippen LogP) is 2.53. The molecule has 11 heavy (non-hydrogen) atoms. The Morgan fingerprint density at radius 3 is 1.45 bits per heavy atom. The van der Waals surface area contributed by atoms with Gasteiger partial charge in [0.05, 0.1) is 0 Å². The van der Waals surface area contributed by atoms with Crippen LogP contribution in [0, 0.1) is 0 Å². The molecule has 0 aliphatic heterocycles. The van der Waals surface area contributed by atoms with Crippen LogP contribution in [-0.2, 0) is 0 Å². The van der Waals surface area contributed by atoms with Crippen LogP contribution in [0.4, 0.5) is 26.4 Å². The topological polar surface area (TPSA) is 12.4 Å². The van der Waals surface area contributed by atoms with E-state index in [1.807, 2.05) is 0 Å². The van der Waals surface area contributed by atoms with Gasteiger partial charge in [0.1, 0.15) is 0 Å². The van der Waals surface area contributed by atoms with Crippen molar-refractivity contribution in [2.45, 2.75) is 19.0 Å². The third-order valence-corrected chi connectivity index (χ3v) is 0.769. The molecule has 0 aromatic carbocycles. The smallest absolute Gasteiger partial charge is 0.200 e. The van der Waals surface area contributed by atoms with Gasteiger partial charge in [-0.15, -0.1) is 0 Å². The summed E-state index contributed by atoms with van der Waals surface area (Å²) < 4.78 is 68.7. The Balaban J connectivity index is 4.74. The second kappa shape index (κ2) is 2.71. The molecule has 0 aromatic heterocycles. The van der Waals surface area contributed by atoms with Gasteiger partial charge in [-0.3, -0.25) is 0 Å². The Bertz CT molecular complexity index is 146. The molecule has 0 aliphatic carbocycles. The predicted molar refractivity (Wildman–Crippen MR) is 25.2 cm³/mol. The van der Waals surface area contributed by atoms with Gasteiger partial charge in [0.2, 0.25) is 5.71 Å². The fourth-order valence-electron chi connectivity index (χ4n) is 0.371. The van der Waals surface area contributed by atoms with Gasteiger partial charge in [-0.05, 0) is 0 Å². The normalized spacial score (nSPS) is 15.4. The van der Waals surface area contributed by atoms with Crippen molar-refractivity contribution in [2.75, 3.05) is 0 Å². The van der Waals surface area contributed by atoms with Crippen LogP contribution < -0.4 is 0 Å². The molecule has 0 radical (unpaired) electrons. The van der Waals surface area contributed by atoms with Crippen LogP contribution in [0.1, 0.15) is 6.92 Å². The minimum atomic E-state index is -5.42. The van der Waals surface area contributed by atoms with E-state index in [1.54, 1.807) is 0 Å². The lowest BCUT2D eigenvalue weighted by Gasteiger charge is -2.13. The standard InChI is InChI=1S/C4H3F6N/c1-3(5,6)2(11-10)4(7,8)9/h1H3/b11-2+. The average molecular weight is 179 g/mol. The van der Waals surface area contributed by atoms with Crippen LogP contribution >= 0.6 is 0 Å². The molecule has 0 amide bonds. The molecule has 1 nitrogen and oxygen atoms in total. The third-order valence-electron chi connectivity index (χ3n) is 0.769. The van der Waals surface area contributed by atoms with E-state index in [-0.39, 0.29) is 6.92 Å². The molecule has 0 heterocycles. The number of hydrogen-bond acceptors (Lipinski definition) is 1. The van der Waals surface area contributed by atoms with Crippen molar-refractivity contribution in [1.82, 2.24) is 0 Å². The number of halogens is 6. The minimum Gasteiger partial charge on any atom is -0.200 e. The molecule has 66 valence electrons. The van der Waals surface area contributed by atoms with E-state index in [0.29, 0.717) is 0 Å². The summed E-state index contributed by atoms with van der Waals surface area (Å²) in [5, 5.41) is 0.972. The van der Waals surface area contributed by atoms with Gasteiger partial charge >= 0.3 is 6.18 Å². The second-order valence-electron chi connectivity index (χ2n) is 1.82. The van der Waals surface area contributed by atoms with Crippen molar-refractivity contribution in [3.63, 3.8) is 0 Å². The number of alkyl halides is 5. The van der Waals surface area contributed by atoms with Gasteiger partial charge in [0.25, 0.3) is 5.92 Å². The SMILES string of the molecule is CC(F)(F)/C(=N\F)C(F)(F)F. The highest BCUT2D eigenvalue weighted by atomic mass is 19.4. The van der Waals surface area contributed by atoms with Crippen molar-refractivity contribution < 1.29 is 26.4 Å². The zero-order valence-corrected chi connectivity index (χ0v) is 5.22. The van der Waals surface area contributed by atoms with E-state index in [1.165, 1.54) is 0 Å². The summed E-state index contributed by atoms with van der Waals surface area (Å²) in [7, 11) is 0. The Kier molecular flexibility index (Phi) is 2.52. The highest BCUT2D eigenvalue weighted by Gasteiger charge is 2.49. The first kappa shape index (κ1) is 10.2. The largest absolute Gasteiger partial charge is 0.437 e. The molecule has 0 saturated carbocycles. The Hall–Kier alpha value is -0.750. The summed E-state index contributed by atoms with van der Waals surface area (Å²) in [5.41, 5.74) is -2.72. The lowest BCUT2D eigenvalue weighted by molar-refractivity contribution is -0.0793. The van der Waals surface area contributed by atoms with E-state index in [2.05, 4.69) is 0 Å². The molecule has 0 unspecified atom stereocenters. The summed E-state index contributed by atoms with van der Waals surface area (Å²) in [5.74, 6) is -4.30. The molecule has 0 aliphatic rings. The van der Waals surface area contributed by atoms with Crippen LogP contribution in [0.25, 0.3) is 0 Å². The monoisotopic (exact) mass is 179 g/mol. The van der Waals surface area contributed by atoms with Gasteiger partial charge in [-0.1, -0.05) is 9.70 Å². The third kappa shape index (κ3) is 2.77. The molecule has 0 fully saturated rings. The lowest BCUT2D eigenvalue weighted by Crippen LogP contribution is -2.37. The Morgan fingerprint density at radius 1 is 1.09 bits per heavy atom. The fourth-order valence-corrected chi connectivity index (χ4v) is 0.371. The van der Waals surface area contributed by atoms with Gasteiger partial charge in [-0.25, -0.2) is 0 Å². The van der Waals surface area contributed by atoms with E-state index in [4.69, 9.17) is 0 Å². The van der Waals surface area contributed by atoms with E-state index < -0.39 is 17.8 Å². The molecule has 0 N–H and O–H groups in total. The van der Waals surface area contributed by atoms with Crippen molar-refractivity contribution in [2.24, 2.45) is 5.21 Å². The fraction of sp³-hybridized carbons (Fsp3) is 0.750. The van der Waals surface area contributed by atoms with E-state index in [0.717, 1.165) is 5.21 Å². The Labute approximate surface area is 57.7 Å². The summed E-state index contributed by atoms with van der Waals surface area (Å²) in [6, 6.07) is 0. The molecular weight excluding hydrogens is 176 g/mol. The zero-order valence-electron chi connectivity index (χ0n) is 5.22. The van der Waals surface area contributed by atoms with Crippen LogP contribution in [0.2, 0.25) is 0 Å². The number of hydrogen-bond donors (Lipinski definition) is 0. The maximum Gasteiger partial charge on any atom is 0.437 e. The second-order valence-corrected chi connectivity index (χ2v) is 1.82. The lowest BCUT2D eigenvalue weighted by atomic mass is 10.2. The quantitative estimate of drug-likeness (QED) is 0.433. The molecule has 0 rings (SSSR count). The van der Waals surface area contributed by atoms with E-state index >= 15 is 0 Å². The zero-order chi connectivity index (χ0) is 9.28. The molecule has 0 atom stereocenters. The summed E-state index contributed by atoms with van der Waals surface area (Å²) in [4.78, 5) is 0. The average Bonchev–Trinajstić information content (AvgIpc) is 1.56. The van der Waals surface area contributed by atoms with Crippen molar-refractivity contribution in [1.29, 1.82) is 0 Å². The highest BCUT2D eigenvalue weighted by Crippen LogP contribution is 2.28. The van der Waals surface area contributed by atoms with Gasteiger partial charge < -0.3 is 0 Å². The molecule has 0 saturated heterocycles. The van der Waals surface area contributed by atoms with Crippen LogP contribution in [0.5, 0.6) is 0 Å². The molecule has 0 aromatic rings. The van der Waals surface area contributed by atoms with Crippen LogP contribution in [0.3, 0.4) is 0 Å². The summed E-state index contributed by atoms with van der Waals surface area (Å²) in [6.45, 7) is -0.0844. The highest BCUT2D eigenvalue weighted by molar-refractivity contribution is 5.94. The van der Waals surface area contributed by atoms with Gasteiger partial charge in [0, 0.05) is 6.92 Å². The minimum absolute atomic E-state index is 0.0844. The van der Waals surface area contributed by atoms with Crippen LogP contribution in [-0.4, -0.2) is 17.8 Å².